The average molecular weight is 245 g/mol. The molecule has 0 rings (SSSR count). The standard InChI is InChI=1S/C14H31NO2/c1-6-13(7-2)12(5)15-8-14(16)10-17-9-11(3)4/h11-16H,6-10H2,1-5H3. The molecule has 0 amide bonds. The molecule has 0 spiro atoms. The molecule has 0 aromatic heterocycles. The predicted octanol–water partition coefficient (Wildman–Crippen LogP) is 2.43. The molecule has 3 heteroatoms. The van der Waals surface area contributed by atoms with E-state index >= 15 is 0 Å². The van der Waals surface area contributed by atoms with Crippen molar-refractivity contribution in [2.75, 3.05) is 19.8 Å². The monoisotopic (exact) mass is 245 g/mol. The lowest BCUT2D eigenvalue weighted by Gasteiger charge is -2.24. The van der Waals surface area contributed by atoms with E-state index in [0.717, 1.165) is 6.61 Å². The van der Waals surface area contributed by atoms with Gasteiger partial charge in [0.1, 0.15) is 0 Å². The molecule has 2 N–H and O–H groups in total. The highest BCUT2D eigenvalue weighted by molar-refractivity contribution is 4.71. The van der Waals surface area contributed by atoms with Gasteiger partial charge in [-0.1, -0.05) is 40.5 Å². The summed E-state index contributed by atoms with van der Waals surface area (Å²) in [6, 6.07) is 0.463. The Kier molecular flexibility index (Phi) is 9.79. The zero-order valence-electron chi connectivity index (χ0n) is 12.2. The number of rotatable bonds is 10. The van der Waals surface area contributed by atoms with E-state index in [1.165, 1.54) is 12.8 Å². The fraction of sp³-hybridized carbons (Fsp3) is 1.00. The van der Waals surface area contributed by atoms with Crippen molar-refractivity contribution < 1.29 is 9.84 Å². The number of ether oxygens (including phenoxy) is 1. The maximum atomic E-state index is 9.75. The van der Waals surface area contributed by atoms with Crippen LogP contribution in [0.3, 0.4) is 0 Å². The summed E-state index contributed by atoms with van der Waals surface area (Å²) in [5, 5.41) is 13.1. The van der Waals surface area contributed by atoms with Gasteiger partial charge in [-0.15, -0.1) is 0 Å². The van der Waals surface area contributed by atoms with Crippen molar-refractivity contribution in [2.45, 2.75) is 59.6 Å². The minimum atomic E-state index is -0.398. The number of aliphatic hydroxyl groups is 1. The molecule has 104 valence electrons. The molecule has 0 aromatic rings. The second-order valence-electron chi connectivity index (χ2n) is 5.36. The SMILES string of the molecule is CCC(CC)C(C)NCC(O)COCC(C)C. The summed E-state index contributed by atoms with van der Waals surface area (Å²) in [4.78, 5) is 0. The highest BCUT2D eigenvalue weighted by atomic mass is 16.5. The van der Waals surface area contributed by atoms with Gasteiger partial charge >= 0.3 is 0 Å². The lowest BCUT2D eigenvalue weighted by molar-refractivity contribution is 0.0243. The maximum absolute atomic E-state index is 9.75. The van der Waals surface area contributed by atoms with E-state index in [9.17, 15) is 5.11 Å². The van der Waals surface area contributed by atoms with Gasteiger partial charge in [-0.05, 0) is 18.8 Å². The van der Waals surface area contributed by atoms with Crippen LogP contribution in [-0.4, -0.2) is 37.0 Å². The molecule has 2 unspecified atom stereocenters. The maximum Gasteiger partial charge on any atom is 0.0897 e. The van der Waals surface area contributed by atoms with E-state index in [-0.39, 0.29) is 0 Å². The van der Waals surface area contributed by atoms with Crippen LogP contribution in [0, 0.1) is 11.8 Å². The first kappa shape index (κ1) is 16.9. The molecule has 0 heterocycles. The minimum absolute atomic E-state index is 0.398. The Morgan fingerprint density at radius 3 is 2.12 bits per heavy atom. The first-order chi connectivity index (χ1) is 8.01. The van der Waals surface area contributed by atoms with E-state index in [2.05, 4.69) is 39.9 Å². The van der Waals surface area contributed by atoms with Crippen LogP contribution in [0.15, 0.2) is 0 Å². The molecule has 17 heavy (non-hydrogen) atoms. The first-order valence-corrected chi connectivity index (χ1v) is 7.00. The Morgan fingerprint density at radius 1 is 1.06 bits per heavy atom. The van der Waals surface area contributed by atoms with Gasteiger partial charge in [-0.25, -0.2) is 0 Å². The molecule has 3 nitrogen and oxygen atoms in total. The van der Waals surface area contributed by atoms with Crippen molar-refractivity contribution in [2.24, 2.45) is 11.8 Å². The highest BCUT2D eigenvalue weighted by Crippen LogP contribution is 2.12. The largest absolute Gasteiger partial charge is 0.389 e. The smallest absolute Gasteiger partial charge is 0.0897 e. The third-order valence-electron chi connectivity index (χ3n) is 3.19. The number of aliphatic hydroxyl groups excluding tert-OH is 1. The Bertz CT molecular complexity index is 170. The second kappa shape index (κ2) is 9.86. The van der Waals surface area contributed by atoms with Crippen LogP contribution in [0.1, 0.15) is 47.5 Å². The summed E-state index contributed by atoms with van der Waals surface area (Å²) in [6.45, 7) is 12.6. The first-order valence-electron chi connectivity index (χ1n) is 7.00. The lowest BCUT2D eigenvalue weighted by atomic mass is 9.95. The quantitative estimate of drug-likeness (QED) is 0.621. The normalized spacial score (nSPS) is 15.5. The Labute approximate surface area is 107 Å². The van der Waals surface area contributed by atoms with E-state index in [1.54, 1.807) is 0 Å². The third-order valence-corrected chi connectivity index (χ3v) is 3.19. The van der Waals surface area contributed by atoms with Crippen molar-refractivity contribution in [1.82, 2.24) is 5.32 Å². The van der Waals surface area contributed by atoms with Gasteiger partial charge < -0.3 is 15.2 Å². The van der Waals surface area contributed by atoms with Gasteiger partial charge in [-0.2, -0.15) is 0 Å². The predicted molar refractivity (Wildman–Crippen MR) is 73.2 cm³/mol. The van der Waals surface area contributed by atoms with Gasteiger partial charge in [0, 0.05) is 19.2 Å². The van der Waals surface area contributed by atoms with Gasteiger partial charge in [0.15, 0.2) is 0 Å². The molecular formula is C14H31NO2. The van der Waals surface area contributed by atoms with E-state index < -0.39 is 6.10 Å². The zero-order chi connectivity index (χ0) is 13.3. The average Bonchev–Trinajstić information content (AvgIpc) is 2.27. The minimum Gasteiger partial charge on any atom is -0.389 e. The molecule has 0 aliphatic rings. The molecule has 0 aromatic carbocycles. The Morgan fingerprint density at radius 2 is 1.65 bits per heavy atom. The molecule has 0 saturated carbocycles. The Balaban J connectivity index is 3.64. The van der Waals surface area contributed by atoms with Crippen molar-refractivity contribution in [3.8, 4) is 0 Å². The van der Waals surface area contributed by atoms with Crippen molar-refractivity contribution in [3.63, 3.8) is 0 Å². The van der Waals surface area contributed by atoms with Gasteiger partial charge in [0.2, 0.25) is 0 Å². The van der Waals surface area contributed by atoms with Gasteiger partial charge in [-0.3, -0.25) is 0 Å². The van der Waals surface area contributed by atoms with Crippen molar-refractivity contribution in [3.05, 3.63) is 0 Å². The summed E-state index contributed by atoms with van der Waals surface area (Å²) in [5.41, 5.74) is 0. The molecule has 0 radical (unpaired) electrons. The highest BCUT2D eigenvalue weighted by Gasteiger charge is 2.14. The van der Waals surface area contributed by atoms with Crippen LogP contribution < -0.4 is 5.32 Å². The third kappa shape index (κ3) is 8.58. The number of nitrogens with one attached hydrogen (secondary N) is 1. The summed E-state index contributed by atoms with van der Waals surface area (Å²) >= 11 is 0. The fourth-order valence-corrected chi connectivity index (χ4v) is 1.98. The van der Waals surface area contributed by atoms with Crippen LogP contribution in [-0.2, 0) is 4.74 Å². The zero-order valence-corrected chi connectivity index (χ0v) is 12.2. The number of hydrogen-bond acceptors (Lipinski definition) is 3. The second-order valence-corrected chi connectivity index (χ2v) is 5.36. The van der Waals surface area contributed by atoms with Crippen molar-refractivity contribution in [1.29, 1.82) is 0 Å². The lowest BCUT2D eigenvalue weighted by Crippen LogP contribution is -2.39. The van der Waals surface area contributed by atoms with Crippen LogP contribution in [0.25, 0.3) is 0 Å². The van der Waals surface area contributed by atoms with Crippen LogP contribution in [0.5, 0.6) is 0 Å². The van der Waals surface area contributed by atoms with Crippen LogP contribution >= 0.6 is 0 Å². The molecule has 0 aliphatic heterocycles. The van der Waals surface area contributed by atoms with Crippen LogP contribution in [0.4, 0.5) is 0 Å². The molecule has 0 fully saturated rings. The van der Waals surface area contributed by atoms with Gasteiger partial charge in [0.25, 0.3) is 0 Å². The summed E-state index contributed by atoms with van der Waals surface area (Å²) in [5.74, 6) is 1.22. The van der Waals surface area contributed by atoms with Gasteiger partial charge in [0.05, 0.1) is 12.7 Å². The summed E-state index contributed by atoms with van der Waals surface area (Å²) in [6.07, 6.45) is 1.97. The van der Waals surface area contributed by atoms with E-state index in [0.29, 0.717) is 31.0 Å². The summed E-state index contributed by atoms with van der Waals surface area (Å²) in [7, 11) is 0. The molecule has 0 aliphatic carbocycles. The topological polar surface area (TPSA) is 41.5 Å². The number of hydrogen-bond donors (Lipinski definition) is 2. The molecular weight excluding hydrogens is 214 g/mol. The van der Waals surface area contributed by atoms with E-state index in [4.69, 9.17) is 4.74 Å². The van der Waals surface area contributed by atoms with Crippen molar-refractivity contribution >= 4 is 0 Å². The molecule has 0 saturated heterocycles. The Hall–Kier alpha value is -0.120. The van der Waals surface area contributed by atoms with Crippen LogP contribution in [0.2, 0.25) is 0 Å². The fourth-order valence-electron chi connectivity index (χ4n) is 1.98. The molecule has 0 bridgehead atoms. The molecule has 2 atom stereocenters. The summed E-state index contributed by atoms with van der Waals surface area (Å²) < 4.78 is 5.41. The van der Waals surface area contributed by atoms with E-state index in [1.807, 2.05) is 0 Å².